The Balaban J connectivity index is 1.05. The van der Waals surface area contributed by atoms with Crippen molar-refractivity contribution in [2.75, 3.05) is 4.90 Å². The van der Waals surface area contributed by atoms with Crippen molar-refractivity contribution in [3.8, 4) is 33.4 Å². The summed E-state index contributed by atoms with van der Waals surface area (Å²) in [6.07, 6.45) is 0. The highest BCUT2D eigenvalue weighted by molar-refractivity contribution is 7.25. The van der Waals surface area contributed by atoms with Crippen molar-refractivity contribution < 1.29 is 0 Å². The number of rotatable bonds is 6. The third kappa shape index (κ3) is 5.54. The Morgan fingerprint density at radius 1 is 0.232 bits per heavy atom. The minimum Gasteiger partial charge on any atom is -0.310 e. The van der Waals surface area contributed by atoms with Gasteiger partial charge in [0.2, 0.25) is 0 Å². The molecule has 10 aromatic carbocycles. The fourth-order valence-corrected chi connectivity index (χ4v) is 9.59. The van der Waals surface area contributed by atoms with Crippen molar-refractivity contribution >= 4 is 80.9 Å². The average Bonchev–Trinajstić information content (AvgIpc) is 3.65. The van der Waals surface area contributed by atoms with Gasteiger partial charge in [0.25, 0.3) is 0 Å². The zero-order valence-corrected chi connectivity index (χ0v) is 31.4. The molecule has 0 aliphatic rings. The maximum Gasteiger partial charge on any atom is 0.0468 e. The van der Waals surface area contributed by atoms with Gasteiger partial charge >= 0.3 is 0 Å². The van der Waals surface area contributed by atoms with Crippen molar-refractivity contribution in [3.05, 3.63) is 212 Å². The molecule has 2 heteroatoms. The predicted octanol–water partition coefficient (Wildman–Crippen LogP) is 16.0. The van der Waals surface area contributed by atoms with Gasteiger partial charge in [-0.25, -0.2) is 0 Å². The van der Waals surface area contributed by atoms with Crippen LogP contribution in [-0.4, -0.2) is 0 Å². The zero-order chi connectivity index (χ0) is 37.0. The first-order valence-corrected chi connectivity index (χ1v) is 20.0. The Kier molecular flexibility index (Phi) is 7.75. The minimum atomic E-state index is 1.11. The molecule has 0 N–H and O–H groups in total. The second-order valence-corrected chi connectivity index (χ2v) is 15.6. The fraction of sp³-hybridized carbons (Fsp3) is 0. The van der Waals surface area contributed by atoms with E-state index in [9.17, 15) is 0 Å². The van der Waals surface area contributed by atoms with Crippen LogP contribution in [0, 0.1) is 0 Å². The van der Waals surface area contributed by atoms with Crippen LogP contribution in [0.3, 0.4) is 0 Å². The van der Waals surface area contributed by atoms with E-state index in [2.05, 4.69) is 217 Å². The Bertz CT molecular complexity index is 3200. The fourth-order valence-electron chi connectivity index (χ4n) is 8.50. The molecule has 0 radical (unpaired) electrons. The smallest absolute Gasteiger partial charge is 0.0468 e. The minimum absolute atomic E-state index is 1.11. The van der Waals surface area contributed by atoms with Gasteiger partial charge in [0.05, 0.1) is 0 Å². The Morgan fingerprint density at radius 3 is 1.38 bits per heavy atom. The van der Waals surface area contributed by atoms with Crippen molar-refractivity contribution in [2.45, 2.75) is 0 Å². The molecule has 1 nitrogen and oxygen atoms in total. The van der Waals surface area contributed by atoms with E-state index >= 15 is 0 Å². The van der Waals surface area contributed by atoms with E-state index in [-0.39, 0.29) is 0 Å². The lowest BCUT2D eigenvalue weighted by atomic mass is 9.94. The molecule has 1 aromatic heterocycles. The molecule has 0 amide bonds. The van der Waals surface area contributed by atoms with Crippen LogP contribution in [0.15, 0.2) is 212 Å². The molecule has 11 rings (SSSR count). The molecule has 56 heavy (non-hydrogen) atoms. The molecular weight excluding hydrogens is 695 g/mol. The molecule has 0 saturated heterocycles. The number of hydrogen-bond donors (Lipinski definition) is 0. The summed E-state index contributed by atoms with van der Waals surface area (Å²) in [5, 5.41) is 10.3. The van der Waals surface area contributed by atoms with Gasteiger partial charge in [-0.2, -0.15) is 0 Å². The number of anilines is 3. The van der Waals surface area contributed by atoms with Gasteiger partial charge in [-0.15, -0.1) is 11.3 Å². The summed E-state index contributed by atoms with van der Waals surface area (Å²) in [6, 6.07) is 77.7. The van der Waals surface area contributed by atoms with Crippen LogP contribution in [0.1, 0.15) is 0 Å². The Morgan fingerprint density at radius 2 is 0.679 bits per heavy atom. The van der Waals surface area contributed by atoms with E-state index in [1.54, 1.807) is 0 Å². The largest absolute Gasteiger partial charge is 0.310 e. The summed E-state index contributed by atoms with van der Waals surface area (Å²) >= 11 is 1.86. The van der Waals surface area contributed by atoms with Crippen LogP contribution in [0.4, 0.5) is 17.1 Å². The second-order valence-electron chi connectivity index (χ2n) is 14.5. The summed E-state index contributed by atoms with van der Waals surface area (Å²) in [5.41, 5.74) is 10.6. The molecule has 0 bridgehead atoms. The van der Waals surface area contributed by atoms with Gasteiger partial charge < -0.3 is 4.90 Å². The third-order valence-electron chi connectivity index (χ3n) is 11.3. The summed E-state index contributed by atoms with van der Waals surface area (Å²) in [5.74, 6) is 0. The predicted molar refractivity (Wildman–Crippen MR) is 243 cm³/mol. The molecule has 1 heterocycles. The van der Waals surface area contributed by atoms with Crippen LogP contribution < -0.4 is 4.90 Å². The first kappa shape index (κ1) is 32.4. The van der Waals surface area contributed by atoms with Gasteiger partial charge in [-0.3, -0.25) is 0 Å². The Labute approximate surface area is 330 Å². The normalized spacial score (nSPS) is 11.6. The van der Waals surface area contributed by atoms with Crippen molar-refractivity contribution in [3.63, 3.8) is 0 Å². The zero-order valence-electron chi connectivity index (χ0n) is 30.6. The number of hydrogen-bond acceptors (Lipinski definition) is 2. The highest BCUT2D eigenvalue weighted by Crippen LogP contribution is 2.43. The van der Waals surface area contributed by atoms with E-state index in [4.69, 9.17) is 0 Å². The number of thiophene rings is 1. The van der Waals surface area contributed by atoms with E-state index in [0.717, 1.165) is 17.1 Å². The Hall–Kier alpha value is -7.00. The standard InChI is InChI=1S/C54H35NS/c1-2-11-36(12-3-1)37-21-23-38(24-22-37)40-13-10-14-43(33-40)55(44-30-31-49-47-17-5-4-15-45(47)46-16-6-7-18-48(46)51(49)35-44)42-28-25-39(26-29-42)41-27-32-54-52(34-41)50-19-8-9-20-53(50)56-54/h1-35H. The third-order valence-corrected chi connectivity index (χ3v) is 12.4. The summed E-state index contributed by atoms with van der Waals surface area (Å²) in [4.78, 5) is 2.41. The van der Waals surface area contributed by atoms with Crippen LogP contribution in [0.2, 0.25) is 0 Å². The van der Waals surface area contributed by atoms with Gasteiger partial charge in [0, 0.05) is 37.2 Å². The lowest BCUT2D eigenvalue weighted by Gasteiger charge is -2.27. The topological polar surface area (TPSA) is 3.24 Å². The molecule has 262 valence electrons. The van der Waals surface area contributed by atoms with Crippen LogP contribution in [-0.2, 0) is 0 Å². The summed E-state index contributed by atoms with van der Waals surface area (Å²) < 4.78 is 2.65. The van der Waals surface area contributed by atoms with Gasteiger partial charge in [0.15, 0.2) is 0 Å². The van der Waals surface area contributed by atoms with Crippen LogP contribution in [0.5, 0.6) is 0 Å². The van der Waals surface area contributed by atoms with Gasteiger partial charge in [-0.05, 0) is 120 Å². The van der Waals surface area contributed by atoms with Crippen molar-refractivity contribution in [1.29, 1.82) is 0 Å². The van der Waals surface area contributed by atoms with Crippen LogP contribution in [0.25, 0.3) is 85.9 Å². The van der Waals surface area contributed by atoms with Crippen molar-refractivity contribution in [1.82, 2.24) is 0 Å². The highest BCUT2D eigenvalue weighted by Gasteiger charge is 2.17. The summed E-state index contributed by atoms with van der Waals surface area (Å²) in [7, 11) is 0. The monoisotopic (exact) mass is 729 g/mol. The molecule has 11 aromatic rings. The first-order valence-electron chi connectivity index (χ1n) is 19.2. The van der Waals surface area contributed by atoms with E-state index < -0.39 is 0 Å². The molecule has 0 aliphatic heterocycles. The van der Waals surface area contributed by atoms with E-state index in [0.29, 0.717) is 0 Å². The number of nitrogens with zero attached hydrogens (tertiary/aromatic N) is 1. The molecule has 0 aliphatic carbocycles. The van der Waals surface area contributed by atoms with E-state index in [1.807, 2.05) is 11.3 Å². The second kappa shape index (κ2) is 13.4. The lowest BCUT2D eigenvalue weighted by molar-refractivity contribution is 1.29. The quantitative estimate of drug-likeness (QED) is 0.154. The molecule has 0 fully saturated rings. The van der Waals surface area contributed by atoms with Gasteiger partial charge in [0.1, 0.15) is 0 Å². The summed E-state index contributed by atoms with van der Waals surface area (Å²) in [6.45, 7) is 0. The lowest BCUT2D eigenvalue weighted by Crippen LogP contribution is -2.10. The maximum atomic E-state index is 2.41. The average molecular weight is 730 g/mol. The van der Waals surface area contributed by atoms with E-state index in [1.165, 1.54) is 85.9 Å². The number of fused-ring (bicyclic) bond motifs is 9. The van der Waals surface area contributed by atoms with Gasteiger partial charge in [-0.1, -0.05) is 158 Å². The van der Waals surface area contributed by atoms with Crippen LogP contribution >= 0.6 is 11.3 Å². The first-order chi connectivity index (χ1) is 27.7. The maximum absolute atomic E-state index is 2.41. The molecule has 0 atom stereocenters. The molecule has 0 unspecified atom stereocenters. The van der Waals surface area contributed by atoms with Crippen molar-refractivity contribution in [2.24, 2.45) is 0 Å². The highest BCUT2D eigenvalue weighted by atomic mass is 32.1. The molecule has 0 spiro atoms. The SMILES string of the molecule is c1ccc(-c2ccc(-c3cccc(N(c4ccc(-c5ccc6sc7ccccc7c6c5)cc4)c4ccc5c6ccccc6c6ccccc6c5c4)c3)cc2)cc1. The molecule has 0 saturated carbocycles. The molecular formula is C54H35NS. The number of benzene rings is 10.